The number of unbranched alkanes of at least 4 members (excludes halogenated alkanes) is 1. The summed E-state index contributed by atoms with van der Waals surface area (Å²) < 4.78 is 5.61. The lowest BCUT2D eigenvalue weighted by atomic mass is 9.95. The van der Waals surface area contributed by atoms with Gasteiger partial charge in [0, 0.05) is 24.3 Å². The van der Waals surface area contributed by atoms with Gasteiger partial charge < -0.3 is 4.74 Å². The molecule has 26 heavy (non-hydrogen) atoms. The van der Waals surface area contributed by atoms with Crippen LogP contribution in [0.4, 0.5) is 10.6 Å². The predicted molar refractivity (Wildman–Crippen MR) is 107 cm³/mol. The summed E-state index contributed by atoms with van der Waals surface area (Å²) in [6.07, 6.45) is 7.44. The second-order valence-corrected chi connectivity index (χ2v) is 8.04. The zero-order valence-corrected chi connectivity index (χ0v) is 17.1. The number of carbonyl (C=O) groups excluding carboxylic acids is 1. The summed E-state index contributed by atoms with van der Waals surface area (Å²) in [7, 11) is 0. The molecule has 0 aliphatic carbocycles. The van der Waals surface area contributed by atoms with Crippen LogP contribution in [0.25, 0.3) is 0 Å². The van der Waals surface area contributed by atoms with Gasteiger partial charge in [-0.3, -0.25) is 9.80 Å². The maximum atomic E-state index is 12.7. The Morgan fingerprint density at radius 3 is 2.77 bits per heavy atom. The highest BCUT2D eigenvalue weighted by Gasteiger charge is 2.30. The van der Waals surface area contributed by atoms with Crippen molar-refractivity contribution < 1.29 is 9.53 Å². The molecule has 0 N–H and O–H groups in total. The van der Waals surface area contributed by atoms with Gasteiger partial charge in [-0.2, -0.15) is 0 Å². The first-order valence-electron chi connectivity index (χ1n) is 10.1. The van der Waals surface area contributed by atoms with Crippen LogP contribution in [-0.2, 0) is 4.74 Å². The van der Waals surface area contributed by atoms with Gasteiger partial charge >= 0.3 is 6.09 Å². The second kappa shape index (κ2) is 9.36. The first-order chi connectivity index (χ1) is 12.4. The van der Waals surface area contributed by atoms with Crippen molar-refractivity contribution in [1.29, 1.82) is 0 Å². The zero-order valence-electron chi connectivity index (χ0n) is 17.1. The van der Waals surface area contributed by atoms with Crippen molar-refractivity contribution in [3.8, 4) is 0 Å². The highest BCUT2D eigenvalue weighted by Crippen LogP contribution is 2.36. The Morgan fingerprint density at radius 2 is 2.12 bits per heavy atom. The molecule has 0 bridgehead atoms. The Morgan fingerprint density at radius 1 is 1.35 bits per heavy atom. The molecule has 1 aliphatic heterocycles. The maximum absolute atomic E-state index is 12.7. The van der Waals surface area contributed by atoms with Crippen LogP contribution in [0.3, 0.4) is 0 Å². The fourth-order valence-corrected chi connectivity index (χ4v) is 3.55. The molecule has 0 aromatic carbocycles. The van der Waals surface area contributed by atoms with Gasteiger partial charge in [-0.1, -0.05) is 25.8 Å². The van der Waals surface area contributed by atoms with Gasteiger partial charge in [0.05, 0.1) is 0 Å². The second-order valence-electron chi connectivity index (χ2n) is 8.04. The van der Waals surface area contributed by atoms with E-state index in [2.05, 4.69) is 22.9 Å². The molecule has 1 aliphatic rings. The van der Waals surface area contributed by atoms with Crippen LogP contribution in [0.1, 0.15) is 78.3 Å². The van der Waals surface area contributed by atoms with Crippen molar-refractivity contribution in [1.82, 2.24) is 9.88 Å². The molecule has 0 unspecified atom stereocenters. The number of carbonyl (C=O) groups is 1. The molecular weight excluding hydrogens is 326 g/mol. The monoisotopic (exact) mass is 361 g/mol. The largest absolute Gasteiger partial charge is 0.443 e. The Labute approximate surface area is 158 Å². The molecule has 5 nitrogen and oxygen atoms in total. The lowest BCUT2D eigenvalue weighted by molar-refractivity contribution is 0.0580. The number of nitrogens with zero attached hydrogens (tertiary/aromatic N) is 3. The number of anilines is 1. The Hall–Kier alpha value is -1.62. The van der Waals surface area contributed by atoms with Crippen molar-refractivity contribution in [2.24, 2.45) is 0 Å². The molecule has 1 atom stereocenters. The SMILES string of the molecule is CCCCN1CCCC[C@@H]1c1cccnc1N(CC)C(=O)OC(C)(C)C. The van der Waals surface area contributed by atoms with Crippen molar-refractivity contribution in [2.75, 3.05) is 24.5 Å². The summed E-state index contributed by atoms with van der Waals surface area (Å²) in [5.41, 5.74) is 0.633. The zero-order chi connectivity index (χ0) is 19.2. The Balaban J connectivity index is 2.31. The molecular formula is C21H35N3O2. The molecule has 2 rings (SSSR count). The minimum atomic E-state index is -0.516. The number of hydrogen-bond donors (Lipinski definition) is 0. The summed E-state index contributed by atoms with van der Waals surface area (Å²) in [5, 5.41) is 0. The lowest BCUT2D eigenvalue weighted by Crippen LogP contribution is -2.39. The van der Waals surface area contributed by atoms with E-state index < -0.39 is 5.60 Å². The summed E-state index contributed by atoms with van der Waals surface area (Å²) in [6.45, 7) is 12.7. The van der Waals surface area contributed by atoms with E-state index in [1.807, 2.05) is 33.8 Å². The summed E-state index contributed by atoms with van der Waals surface area (Å²) in [4.78, 5) is 21.6. The molecule has 2 heterocycles. The molecule has 5 heteroatoms. The van der Waals surface area contributed by atoms with E-state index in [0.717, 1.165) is 30.9 Å². The van der Waals surface area contributed by atoms with E-state index in [0.29, 0.717) is 12.6 Å². The fraction of sp³-hybridized carbons (Fsp3) is 0.714. The summed E-state index contributed by atoms with van der Waals surface area (Å²) >= 11 is 0. The Kier molecular flexibility index (Phi) is 7.44. The number of amides is 1. The Bertz CT molecular complexity index is 583. The van der Waals surface area contributed by atoms with E-state index in [-0.39, 0.29) is 6.09 Å². The van der Waals surface area contributed by atoms with Gasteiger partial charge in [0.25, 0.3) is 0 Å². The standard InChI is InChI=1S/C21H35N3O2/c1-6-8-15-23-16-10-9-13-18(23)17-12-11-14-22-19(17)24(7-2)20(25)26-21(3,4)5/h11-12,14,18H,6-10,13,15-16H2,1-5H3/t18-/m1/s1. The van der Waals surface area contributed by atoms with Crippen LogP contribution in [0.2, 0.25) is 0 Å². The first-order valence-corrected chi connectivity index (χ1v) is 10.1. The van der Waals surface area contributed by atoms with E-state index in [1.54, 1.807) is 11.1 Å². The molecule has 1 aromatic rings. The summed E-state index contributed by atoms with van der Waals surface area (Å²) in [6, 6.07) is 4.44. The van der Waals surface area contributed by atoms with Crippen LogP contribution in [0, 0.1) is 0 Å². The van der Waals surface area contributed by atoms with Gasteiger partial charge in [-0.15, -0.1) is 0 Å². The average Bonchev–Trinajstić information content (AvgIpc) is 2.60. The van der Waals surface area contributed by atoms with Crippen LogP contribution in [0.5, 0.6) is 0 Å². The highest BCUT2D eigenvalue weighted by atomic mass is 16.6. The number of aromatic nitrogens is 1. The molecule has 1 saturated heterocycles. The van der Waals surface area contributed by atoms with Gasteiger partial charge in [-0.05, 0) is 66.1 Å². The third-order valence-electron chi connectivity index (χ3n) is 4.77. The normalized spacial score (nSPS) is 18.6. The fourth-order valence-electron chi connectivity index (χ4n) is 3.55. The van der Waals surface area contributed by atoms with Crippen LogP contribution < -0.4 is 4.90 Å². The van der Waals surface area contributed by atoms with Gasteiger partial charge in [0.15, 0.2) is 0 Å². The van der Waals surface area contributed by atoms with Crippen molar-refractivity contribution >= 4 is 11.9 Å². The summed E-state index contributed by atoms with van der Waals surface area (Å²) in [5.74, 6) is 0.748. The van der Waals surface area contributed by atoms with Gasteiger partial charge in [0.1, 0.15) is 11.4 Å². The highest BCUT2D eigenvalue weighted by molar-refractivity contribution is 5.87. The smallest absolute Gasteiger partial charge is 0.415 e. The molecule has 0 radical (unpaired) electrons. The minimum absolute atomic E-state index is 0.323. The van der Waals surface area contributed by atoms with Crippen LogP contribution in [-0.4, -0.2) is 41.2 Å². The third-order valence-corrected chi connectivity index (χ3v) is 4.77. The predicted octanol–water partition coefficient (Wildman–Crippen LogP) is 5.17. The van der Waals surface area contributed by atoms with Crippen LogP contribution in [0.15, 0.2) is 18.3 Å². The quantitative estimate of drug-likeness (QED) is 0.701. The van der Waals surface area contributed by atoms with E-state index in [4.69, 9.17) is 4.74 Å². The van der Waals surface area contributed by atoms with Crippen molar-refractivity contribution in [3.63, 3.8) is 0 Å². The number of likely N-dealkylation sites (tertiary alicyclic amines) is 1. The minimum Gasteiger partial charge on any atom is -0.443 e. The molecule has 1 amide bonds. The number of ether oxygens (including phenoxy) is 1. The molecule has 1 aromatic heterocycles. The van der Waals surface area contributed by atoms with E-state index >= 15 is 0 Å². The number of rotatable bonds is 6. The van der Waals surface area contributed by atoms with Crippen molar-refractivity contribution in [2.45, 2.75) is 78.4 Å². The van der Waals surface area contributed by atoms with Crippen LogP contribution >= 0.6 is 0 Å². The van der Waals surface area contributed by atoms with E-state index in [1.165, 1.54) is 25.7 Å². The molecule has 1 fully saturated rings. The molecule has 146 valence electrons. The van der Waals surface area contributed by atoms with Gasteiger partial charge in [0.2, 0.25) is 0 Å². The number of pyridine rings is 1. The third kappa shape index (κ3) is 5.44. The number of piperidine rings is 1. The number of hydrogen-bond acceptors (Lipinski definition) is 4. The van der Waals surface area contributed by atoms with Crippen molar-refractivity contribution in [3.05, 3.63) is 23.9 Å². The topological polar surface area (TPSA) is 45.7 Å². The maximum Gasteiger partial charge on any atom is 0.415 e. The van der Waals surface area contributed by atoms with E-state index in [9.17, 15) is 4.79 Å². The first kappa shape index (κ1) is 20.7. The van der Waals surface area contributed by atoms with Gasteiger partial charge in [-0.25, -0.2) is 9.78 Å². The molecule has 0 saturated carbocycles. The lowest BCUT2D eigenvalue weighted by Gasteiger charge is -2.37. The molecule has 0 spiro atoms. The average molecular weight is 362 g/mol.